The minimum atomic E-state index is -0.275. The Morgan fingerprint density at radius 1 is 0.923 bits per heavy atom. The van der Waals surface area contributed by atoms with Crippen molar-refractivity contribution in [2.75, 3.05) is 10.6 Å². The maximum Gasteiger partial charge on any atom is 0.323 e. The molecule has 4 rings (SSSR count). The lowest BCUT2D eigenvalue weighted by atomic mass is 10.1. The van der Waals surface area contributed by atoms with Crippen LogP contribution in [0.25, 0.3) is 16.9 Å². The summed E-state index contributed by atoms with van der Waals surface area (Å²) in [5.41, 5.74) is 5.26. The Balaban J connectivity index is 1.53. The zero-order valence-corrected chi connectivity index (χ0v) is 14.3. The van der Waals surface area contributed by atoms with Crippen LogP contribution in [-0.4, -0.2) is 15.4 Å². The van der Waals surface area contributed by atoms with Crippen LogP contribution in [0.15, 0.2) is 79.1 Å². The van der Waals surface area contributed by atoms with Gasteiger partial charge in [-0.1, -0.05) is 30.3 Å². The van der Waals surface area contributed by atoms with E-state index < -0.39 is 0 Å². The van der Waals surface area contributed by atoms with Gasteiger partial charge in [0.05, 0.1) is 5.69 Å². The molecule has 2 amide bonds. The van der Waals surface area contributed by atoms with Crippen LogP contribution in [0.4, 0.5) is 16.2 Å². The molecule has 2 aromatic carbocycles. The molecule has 5 nitrogen and oxygen atoms in total. The quantitative estimate of drug-likeness (QED) is 0.553. The first-order chi connectivity index (χ1) is 12.7. The minimum absolute atomic E-state index is 0.275. The highest BCUT2D eigenvalue weighted by atomic mass is 16.2. The van der Waals surface area contributed by atoms with Crippen LogP contribution >= 0.6 is 0 Å². The van der Waals surface area contributed by atoms with Gasteiger partial charge in [0.1, 0.15) is 5.65 Å². The number of carbonyl (C=O) groups is 1. The van der Waals surface area contributed by atoms with Crippen molar-refractivity contribution in [2.45, 2.75) is 6.92 Å². The van der Waals surface area contributed by atoms with Crippen LogP contribution in [0.2, 0.25) is 0 Å². The number of pyridine rings is 1. The number of carbonyl (C=O) groups excluding carboxylic acids is 1. The number of nitrogens with zero attached hydrogens (tertiary/aromatic N) is 2. The summed E-state index contributed by atoms with van der Waals surface area (Å²) in [6.07, 6.45) is 3.94. The van der Waals surface area contributed by atoms with Crippen molar-refractivity contribution in [2.24, 2.45) is 0 Å². The van der Waals surface area contributed by atoms with Crippen molar-refractivity contribution in [1.29, 1.82) is 0 Å². The maximum absolute atomic E-state index is 12.2. The monoisotopic (exact) mass is 342 g/mol. The lowest BCUT2D eigenvalue weighted by Crippen LogP contribution is -2.19. The molecule has 0 atom stereocenters. The number of benzene rings is 2. The van der Waals surface area contributed by atoms with Crippen LogP contribution in [0.3, 0.4) is 0 Å². The molecule has 0 radical (unpaired) electrons. The van der Waals surface area contributed by atoms with Crippen LogP contribution in [0.5, 0.6) is 0 Å². The fourth-order valence-electron chi connectivity index (χ4n) is 2.85. The summed E-state index contributed by atoms with van der Waals surface area (Å²) >= 11 is 0. The first-order valence-corrected chi connectivity index (χ1v) is 8.36. The van der Waals surface area contributed by atoms with E-state index in [1.54, 1.807) is 0 Å². The normalized spacial score (nSPS) is 10.7. The van der Waals surface area contributed by atoms with E-state index in [1.165, 1.54) is 0 Å². The van der Waals surface area contributed by atoms with Gasteiger partial charge in [0.15, 0.2) is 0 Å². The first-order valence-electron chi connectivity index (χ1n) is 8.36. The Labute approximate surface area is 151 Å². The van der Waals surface area contributed by atoms with Gasteiger partial charge in [-0.3, -0.25) is 0 Å². The summed E-state index contributed by atoms with van der Waals surface area (Å²) in [5.74, 6) is 0. The number of nitrogens with one attached hydrogen (secondary N) is 2. The van der Waals surface area contributed by atoms with Crippen molar-refractivity contribution in [3.63, 3.8) is 0 Å². The summed E-state index contributed by atoms with van der Waals surface area (Å²) in [4.78, 5) is 16.9. The molecule has 4 aromatic rings. The Hall–Kier alpha value is -3.60. The maximum atomic E-state index is 12.2. The molecule has 128 valence electrons. The van der Waals surface area contributed by atoms with Gasteiger partial charge in [0.25, 0.3) is 0 Å². The second-order valence-corrected chi connectivity index (χ2v) is 6.12. The molecule has 0 bridgehead atoms. The van der Waals surface area contributed by atoms with Crippen molar-refractivity contribution >= 4 is 23.1 Å². The number of rotatable bonds is 3. The van der Waals surface area contributed by atoms with Crippen molar-refractivity contribution in [3.05, 3.63) is 84.7 Å². The van der Waals surface area contributed by atoms with Crippen LogP contribution in [0.1, 0.15) is 5.56 Å². The van der Waals surface area contributed by atoms with Crippen molar-refractivity contribution in [3.8, 4) is 11.3 Å². The van der Waals surface area contributed by atoms with Crippen molar-refractivity contribution < 1.29 is 4.79 Å². The van der Waals surface area contributed by atoms with Gasteiger partial charge in [-0.05, 0) is 48.9 Å². The van der Waals surface area contributed by atoms with Gasteiger partial charge in [-0.2, -0.15) is 0 Å². The van der Waals surface area contributed by atoms with E-state index in [2.05, 4.69) is 15.6 Å². The van der Waals surface area contributed by atoms with E-state index in [0.717, 1.165) is 28.2 Å². The molecule has 0 aliphatic rings. The van der Waals surface area contributed by atoms with Crippen LogP contribution < -0.4 is 10.6 Å². The Morgan fingerprint density at radius 3 is 2.46 bits per heavy atom. The largest absolute Gasteiger partial charge is 0.323 e. The number of hydrogen-bond acceptors (Lipinski definition) is 2. The minimum Gasteiger partial charge on any atom is -0.308 e. The third-order valence-electron chi connectivity index (χ3n) is 4.06. The average molecular weight is 342 g/mol. The van der Waals surface area contributed by atoms with Gasteiger partial charge in [-0.25, -0.2) is 9.78 Å². The molecule has 0 saturated carbocycles. The van der Waals surface area contributed by atoms with E-state index in [0.29, 0.717) is 5.69 Å². The highest BCUT2D eigenvalue weighted by molar-refractivity contribution is 6.00. The van der Waals surface area contributed by atoms with Crippen LogP contribution in [0, 0.1) is 6.92 Å². The number of urea groups is 1. The molecule has 0 spiro atoms. The zero-order chi connectivity index (χ0) is 17.9. The lowest BCUT2D eigenvalue weighted by molar-refractivity contribution is 0.262. The van der Waals surface area contributed by atoms with Gasteiger partial charge in [0, 0.05) is 29.3 Å². The molecule has 0 unspecified atom stereocenters. The highest BCUT2D eigenvalue weighted by Crippen LogP contribution is 2.22. The molecule has 2 aromatic heterocycles. The number of imidazole rings is 1. The van der Waals surface area contributed by atoms with Crippen molar-refractivity contribution in [1.82, 2.24) is 9.38 Å². The van der Waals surface area contributed by atoms with Gasteiger partial charge < -0.3 is 15.0 Å². The highest BCUT2D eigenvalue weighted by Gasteiger charge is 2.07. The summed E-state index contributed by atoms with van der Waals surface area (Å²) in [6, 6.07) is 20.9. The molecular formula is C21H18N4O. The topological polar surface area (TPSA) is 58.4 Å². The van der Waals surface area contributed by atoms with Gasteiger partial charge >= 0.3 is 6.03 Å². The fraction of sp³-hybridized carbons (Fsp3) is 0.0476. The van der Waals surface area contributed by atoms with Crippen LogP contribution in [-0.2, 0) is 0 Å². The molecule has 2 heterocycles. The van der Waals surface area contributed by atoms with Gasteiger partial charge in [0.2, 0.25) is 0 Å². The summed E-state index contributed by atoms with van der Waals surface area (Å²) in [5, 5.41) is 5.71. The van der Waals surface area contributed by atoms with E-state index in [9.17, 15) is 4.79 Å². The number of anilines is 2. The molecular weight excluding hydrogens is 324 g/mol. The first kappa shape index (κ1) is 15.9. The standard InChI is InChI=1S/C21H18N4O/c1-15-6-4-8-17(12-15)22-21(26)23-18-9-5-7-16(13-18)19-14-25-11-3-2-10-20(25)24-19/h2-14H,1H3,(H2,22,23,26). The number of hydrogen-bond donors (Lipinski definition) is 2. The molecule has 0 aliphatic carbocycles. The average Bonchev–Trinajstić information content (AvgIpc) is 3.06. The third kappa shape index (κ3) is 3.42. The van der Waals surface area contributed by atoms with E-state index in [4.69, 9.17) is 0 Å². The number of aryl methyl sites for hydroxylation is 1. The Bertz CT molecular complexity index is 1050. The summed E-state index contributed by atoms with van der Waals surface area (Å²) < 4.78 is 1.97. The smallest absolute Gasteiger partial charge is 0.308 e. The summed E-state index contributed by atoms with van der Waals surface area (Å²) in [7, 11) is 0. The number of amides is 2. The molecule has 5 heteroatoms. The second-order valence-electron chi connectivity index (χ2n) is 6.12. The SMILES string of the molecule is Cc1cccc(NC(=O)Nc2cccc(-c3cn4ccccc4n3)c2)c1. The molecule has 0 saturated heterocycles. The van der Waals surface area contributed by atoms with Gasteiger partial charge in [-0.15, -0.1) is 0 Å². The molecule has 0 aliphatic heterocycles. The fourth-order valence-corrected chi connectivity index (χ4v) is 2.85. The van der Waals surface area contributed by atoms with E-state index in [-0.39, 0.29) is 6.03 Å². The molecule has 0 fully saturated rings. The molecule has 26 heavy (non-hydrogen) atoms. The van der Waals surface area contributed by atoms with E-state index >= 15 is 0 Å². The Morgan fingerprint density at radius 2 is 1.69 bits per heavy atom. The summed E-state index contributed by atoms with van der Waals surface area (Å²) in [6.45, 7) is 1.99. The number of aromatic nitrogens is 2. The predicted molar refractivity (Wildman–Crippen MR) is 104 cm³/mol. The predicted octanol–water partition coefficient (Wildman–Crippen LogP) is 4.95. The lowest BCUT2D eigenvalue weighted by Gasteiger charge is -2.09. The Kier molecular flexibility index (Phi) is 4.11. The number of fused-ring (bicyclic) bond motifs is 1. The van der Waals surface area contributed by atoms with E-state index in [1.807, 2.05) is 90.4 Å². The molecule has 2 N–H and O–H groups in total. The zero-order valence-electron chi connectivity index (χ0n) is 14.3. The third-order valence-corrected chi connectivity index (χ3v) is 4.06. The second kappa shape index (κ2) is 6.72.